The number of hydrogen-bond donors (Lipinski definition) is 0. The van der Waals surface area contributed by atoms with Crippen molar-refractivity contribution in [3.63, 3.8) is 0 Å². The molecule has 3 nitrogen and oxygen atoms in total. The first-order chi connectivity index (χ1) is 10.3. The summed E-state index contributed by atoms with van der Waals surface area (Å²) in [6.07, 6.45) is 1.79. The lowest BCUT2D eigenvalue weighted by Gasteiger charge is -2.09. The molecule has 0 saturated heterocycles. The summed E-state index contributed by atoms with van der Waals surface area (Å²) >= 11 is 0. The van der Waals surface area contributed by atoms with Crippen LogP contribution >= 0.6 is 0 Å². The van der Waals surface area contributed by atoms with Crippen LogP contribution in [-0.4, -0.2) is 17.6 Å². The summed E-state index contributed by atoms with van der Waals surface area (Å²) in [7, 11) is 1.64. The predicted octanol–water partition coefficient (Wildman–Crippen LogP) is 3.85. The van der Waals surface area contributed by atoms with E-state index in [9.17, 15) is 4.79 Å². The minimum Gasteiger partial charge on any atom is -0.497 e. The maximum atomic E-state index is 12.6. The molecule has 1 aromatic heterocycles. The van der Waals surface area contributed by atoms with Gasteiger partial charge in [-0.3, -0.25) is 9.36 Å². The number of methoxy groups -OCH3 is 1. The molecule has 3 heteroatoms. The standard InChI is InChI=1S/C18H15NO2/c1-21-16-11-9-14(10-12-16)17-8-5-13-19(17)18(20)15-6-3-2-4-7-15/h2-13H,1H3. The minimum absolute atomic E-state index is 0.0357. The zero-order valence-corrected chi connectivity index (χ0v) is 11.7. The van der Waals surface area contributed by atoms with E-state index in [0.29, 0.717) is 5.56 Å². The van der Waals surface area contributed by atoms with Gasteiger partial charge in [-0.1, -0.05) is 18.2 Å². The lowest BCUT2D eigenvalue weighted by molar-refractivity contribution is 0.0962. The summed E-state index contributed by atoms with van der Waals surface area (Å²) in [6.45, 7) is 0. The molecule has 0 bridgehead atoms. The summed E-state index contributed by atoms with van der Waals surface area (Å²) in [5.74, 6) is 0.762. The highest BCUT2D eigenvalue weighted by Gasteiger charge is 2.12. The maximum Gasteiger partial charge on any atom is 0.262 e. The zero-order valence-electron chi connectivity index (χ0n) is 11.7. The normalized spacial score (nSPS) is 10.3. The third-order valence-electron chi connectivity index (χ3n) is 3.37. The third-order valence-corrected chi connectivity index (χ3v) is 3.37. The van der Waals surface area contributed by atoms with Crippen LogP contribution in [0.5, 0.6) is 5.75 Å². The Morgan fingerprint density at radius 3 is 2.29 bits per heavy atom. The Morgan fingerprint density at radius 1 is 0.905 bits per heavy atom. The highest BCUT2D eigenvalue weighted by molar-refractivity contribution is 5.98. The second kappa shape index (κ2) is 5.67. The van der Waals surface area contributed by atoms with Gasteiger partial charge >= 0.3 is 0 Å². The molecule has 21 heavy (non-hydrogen) atoms. The average molecular weight is 277 g/mol. The summed E-state index contributed by atoms with van der Waals surface area (Å²) in [5.41, 5.74) is 2.51. The van der Waals surface area contributed by atoms with Gasteiger partial charge in [0.25, 0.3) is 5.91 Å². The number of hydrogen-bond acceptors (Lipinski definition) is 2. The first kappa shape index (κ1) is 13.2. The lowest BCUT2D eigenvalue weighted by atomic mass is 10.1. The number of ether oxygens (including phenoxy) is 1. The van der Waals surface area contributed by atoms with Gasteiger partial charge in [0.15, 0.2) is 0 Å². The average Bonchev–Trinajstić information content (AvgIpc) is 3.04. The Hall–Kier alpha value is -2.81. The maximum absolute atomic E-state index is 12.6. The van der Waals surface area contributed by atoms with Gasteiger partial charge < -0.3 is 4.74 Å². The fourth-order valence-electron chi connectivity index (χ4n) is 2.27. The van der Waals surface area contributed by atoms with Crippen molar-refractivity contribution >= 4 is 5.91 Å². The van der Waals surface area contributed by atoms with Gasteiger partial charge in [0.1, 0.15) is 5.75 Å². The molecule has 0 aliphatic rings. The van der Waals surface area contributed by atoms with Crippen molar-refractivity contribution in [1.29, 1.82) is 0 Å². The molecular weight excluding hydrogens is 262 g/mol. The van der Waals surface area contributed by atoms with E-state index in [2.05, 4.69) is 0 Å². The van der Waals surface area contributed by atoms with Crippen molar-refractivity contribution in [2.24, 2.45) is 0 Å². The van der Waals surface area contributed by atoms with E-state index < -0.39 is 0 Å². The van der Waals surface area contributed by atoms with Crippen molar-refractivity contribution in [2.45, 2.75) is 0 Å². The third kappa shape index (κ3) is 2.58. The quantitative estimate of drug-likeness (QED) is 0.728. The van der Waals surface area contributed by atoms with Gasteiger partial charge in [-0.25, -0.2) is 0 Å². The van der Waals surface area contributed by atoms with Gasteiger partial charge in [-0.2, -0.15) is 0 Å². The Labute approximate surface area is 123 Å². The van der Waals surface area contributed by atoms with Crippen LogP contribution in [0.25, 0.3) is 11.3 Å². The molecule has 1 heterocycles. The van der Waals surface area contributed by atoms with Crippen molar-refractivity contribution in [1.82, 2.24) is 4.57 Å². The van der Waals surface area contributed by atoms with E-state index in [1.54, 1.807) is 17.9 Å². The van der Waals surface area contributed by atoms with E-state index in [4.69, 9.17) is 4.74 Å². The van der Waals surface area contributed by atoms with Crippen LogP contribution in [0, 0.1) is 0 Å². The molecule has 2 aromatic carbocycles. The van der Waals surface area contributed by atoms with E-state index in [0.717, 1.165) is 17.0 Å². The summed E-state index contributed by atoms with van der Waals surface area (Å²) < 4.78 is 6.82. The zero-order chi connectivity index (χ0) is 14.7. The summed E-state index contributed by atoms with van der Waals surface area (Å²) in [4.78, 5) is 12.6. The van der Waals surface area contributed by atoms with Crippen molar-refractivity contribution in [3.05, 3.63) is 78.5 Å². The van der Waals surface area contributed by atoms with Crippen LogP contribution in [0.3, 0.4) is 0 Å². The molecular formula is C18H15NO2. The summed E-state index contributed by atoms with van der Waals surface area (Å²) in [6, 6.07) is 20.7. The van der Waals surface area contributed by atoms with E-state index in [1.807, 2.05) is 66.7 Å². The lowest BCUT2D eigenvalue weighted by Crippen LogP contribution is -2.11. The van der Waals surface area contributed by atoms with Crippen LogP contribution < -0.4 is 4.74 Å². The SMILES string of the molecule is COc1ccc(-c2cccn2C(=O)c2ccccc2)cc1. The number of benzene rings is 2. The molecule has 3 rings (SSSR count). The molecule has 0 aliphatic carbocycles. The second-order valence-corrected chi connectivity index (χ2v) is 4.66. The molecule has 0 aliphatic heterocycles. The number of rotatable bonds is 3. The van der Waals surface area contributed by atoms with E-state index >= 15 is 0 Å². The molecule has 0 spiro atoms. The number of aromatic nitrogens is 1. The van der Waals surface area contributed by atoms with Crippen molar-refractivity contribution in [3.8, 4) is 17.0 Å². The number of carbonyl (C=O) groups is 1. The molecule has 0 atom stereocenters. The molecule has 0 N–H and O–H groups in total. The highest BCUT2D eigenvalue weighted by Crippen LogP contribution is 2.23. The smallest absolute Gasteiger partial charge is 0.262 e. The highest BCUT2D eigenvalue weighted by atomic mass is 16.5. The van der Waals surface area contributed by atoms with E-state index in [-0.39, 0.29) is 5.91 Å². The molecule has 0 unspecified atom stereocenters. The van der Waals surface area contributed by atoms with E-state index in [1.165, 1.54) is 0 Å². The molecule has 0 saturated carbocycles. The first-order valence-electron chi connectivity index (χ1n) is 6.71. The van der Waals surface area contributed by atoms with Crippen LogP contribution in [0.4, 0.5) is 0 Å². The molecule has 0 radical (unpaired) electrons. The van der Waals surface area contributed by atoms with Gasteiger partial charge in [0.05, 0.1) is 12.8 Å². The fourth-order valence-corrected chi connectivity index (χ4v) is 2.27. The molecule has 104 valence electrons. The largest absolute Gasteiger partial charge is 0.497 e. The second-order valence-electron chi connectivity index (χ2n) is 4.66. The molecule has 0 fully saturated rings. The topological polar surface area (TPSA) is 31.2 Å². The minimum atomic E-state index is -0.0357. The predicted molar refractivity (Wildman–Crippen MR) is 82.6 cm³/mol. The monoisotopic (exact) mass is 277 g/mol. The first-order valence-corrected chi connectivity index (χ1v) is 6.71. The Balaban J connectivity index is 1.99. The van der Waals surface area contributed by atoms with Crippen LogP contribution in [0.1, 0.15) is 10.4 Å². The van der Waals surface area contributed by atoms with Crippen LogP contribution in [-0.2, 0) is 0 Å². The Bertz CT molecular complexity index is 742. The van der Waals surface area contributed by atoms with Gasteiger partial charge in [-0.05, 0) is 54.1 Å². The van der Waals surface area contributed by atoms with Gasteiger partial charge in [-0.15, -0.1) is 0 Å². The fraction of sp³-hybridized carbons (Fsp3) is 0.0556. The number of carbonyl (C=O) groups excluding carboxylic acids is 1. The molecule has 0 amide bonds. The van der Waals surface area contributed by atoms with Gasteiger partial charge in [0.2, 0.25) is 0 Å². The molecule has 3 aromatic rings. The Kier molecular flexibility index (Phi) is 3.56. The van der Waals surface area contributed by atoms with Crippen molar-refractivity contribution in [2.75, 3.05) is 7.11 Å². The van der Waals surface area contributed by atoms with Crippen molar-refractivity contribution < 1.29 is 9.53 Å². The Morgan fingerprint density at radius 2 is 1.62 bits per heavy atom. The van der Waals surface area contributed by atoms with Crippen LogP contribution in [0.15, 0.2) is 72.9 Å². The summed E-state index contributed by atoms with van der Waals surface area (Å²) in [5, 5.41) is 0. The van der Waals surface area contributed by atoms with Gasteiger partial charge in [0, 0.05) is 11.8 Å². The number of nitrogens with zero attached hydrogens (tertiary/aromatic N) is 1. The van der Waals surface area contributed by atoms with Crippen LogP contribution in [0.2, 0.25) is 0 Å².